The van der Waals surface area contributed by atoms with Crippen molar-refractivity contribution in [1.82, 2.24) is 0 Å². The Hall–Kier alpha value is -1.61. The Morgan fingerprint density at radius 1 is 0.957 bits per heavy atom. The molecule has 2 nitrogen and oxygen atoms in total. The molecule has 1 aliphatic carbocycles. The summed E-state index contributed by atoms with van der Waals surface area (Å²) in [4.78, 5) is 0.402. The van der Waals surface area contributed by atoms with Gasteiger partial charge < -0.3 is 0 Å². The number of hydrogen-bond acceptors (Lipinski definition) is 2. The van der Waals surface area contributed by atoms with E-state index in [2.05, 4.69) is 36.8 Å². The van der Waals surface area contributed by atoms with Gasteiger partial charge in [-0.25, -0.2) is 8.42 Å². The Morgan fingerprint density at radius 2 is 1.65 bits per heavy atom. The molecule has 0 heterocycles. The SMILES string of the molecule is CS(=O)(=O)c1ccc(C2[CH]CC(Cc3ccccc3)CC2)cc1. The van der Waals surface area contributed by atoms with Gasteiger partial charge in [0.15, 0.2) is 9.84 Å². The predicted molar refractivity (Wildman–Crippen MR) is 94.1 cm³/mol. The van der Waals surface area contributed by atoms with Crippen LogP contribution in [-0.2, 0) is 16.3 Å². The van der Waals surface area contributed by atoms with Gasteiger partial charge in [0.2, 0.25) is 0 Å². The lowest BCUT2D eigenvalue weighted by Crippen LogP contribution is -2.16. The largest absolute Gasteiger partial charge is 0.224 e. The normalized spacial score (nSPS) is 22.0. The van der Waals surface area contributed by atoms with Crippen molar-refractivity contribution in [3.63, 3.8) is 0 Å². The third-order valence-electron chi connectivity index (χ3n) is 4.74. The van der Waals surface area contributed by atoms with Crippen LogP contribution in [-0.4, -0.2) is 14.7 Å². The maximum absolute atomic E-state index is 11.5. The summed E-state index contributed by atoms with van der Waals surface area (Å²) in [7, 11) is -3.10. The molecule has 1 aliphatic rings. The van der Waals surface area contributed by atoms with Gasteiger partial charge >= 0.3 is 0 Å². The minimum Gasteiger partial charge on any atom is -0.224 e. The summed E-state index contributed by atoms with van der Waals surface area (Å²) in [6, 6.07) is 18.1. The highest BCUT2D eigenvalue weighted by atomic mass is 32.2. The molecular formula is C20H23O2S. The van der Waals surface area contributed by atoms with Crippen molar-refractivity contribution >= 4 is 9.84 Å². The van der Waals surface area contributed by atoms with Crippen LogP contribution in [0.5, 0.6) is 0 Å². The van der Waals surface area contributed by atoms with E-state index in [0.717, 1.165) is 25.2 Å². The Balaban J connectivity index is 1.58. The minimum absolute atomic E-state index is 0.402. The zero-order chi connectivity index (χ0) is 16.3. The van der Waals surface area contributed by atoms with Crippen molar-refractivity contribution in [2.24, 2.45) is 5.92 Å². The fraction of sp³-hybridized carbons (Fsp3) is 0.350. The van der Waals surface area contributed by atoms with Gasteiger partial charge in [0.1, 0.15) is 0 Å². The van der Waals surface area contributed by atoms with Crippen LogP contribution in [0, 0.1) is 12.3 Å². The zero-order valence-electron chi connectivity index (χ0n) is 13.5. The molecule has 0 bridgehead atoms. The van der Waals surface area contributed by atoms with Crippen LogP contribution in [0.25, 0.3) is 0 Å². The summed E-state index contributed by atoms with van der Waals surface area (Å²) < 4.78 is 23.1. The first-order chi connectivity index (χ1) is 11.0. The molecule has 2 aromatic carbocycles. The molecule has 3 rings (SSSR count). The van der Waals surface area contributed by atoms with Crippen LogP contribution in [0.1, 0.15) is 36.3 Å². The maximum Gasteiger partial charge on any atom is 0.175 e. The summed E-state index contributed by atoms with van der Waals surface area (Å²) in [5.74, 6) is 1.18. The van der Waals surface area contributed by atoms with Crippen molar-refractivity contribution in [2.45, 2.75) is 36.5 Å². The van der Waals surface area contributed by atoms with Crippen LogP contribution in [0.15, 0.2) is 59.5 Å². The smallest absolute Gasteiger partial charge is 0.175 e. The second-order valence-corrected chi connectivity index (χ2v) is 8.57. The third-order valence-corrected chi connectivity index (χ3v) is 5.87. The summed E-state index contributed by atoms with van der Waals surface area (Å²) in [5.41, 5.74) is 2.65. The molecular weight excluding hydrogens is 304 g/mol. The molecule has 0 saturated heterocycles. The van der Waals surface area contributed by atoms with Crippen LogP contribution in [0.2, 0.25) is 0 Å². The monoisotopic (exact) mass is 327 g/mol. The fourth-order valence-electron chi connectivity index (χ4n) is 3.41. The Kier molecular flexibility index (Phi) is 4.86. The van der Waals surface area contributed by atoms with E-state index < -0.39 is 9.84 Å². The van der Waals surface area contributed by atoms with Crippen molar-refractivity contribution in [3.05, 3.63) is 72.1 Å². The second-order valence-electron chi connectivity index (χ2n) is 6.55. The van der Waals surface area contributed by atoms with E-state index in [0.29, 0.717) is 10.8 Å². The highest BCUT2D eigenvalue weighted by molar-refractivity contribution is 7.90. The van der Waals surface area contributed by atoms with E-state index in [9.17, 15) is 8.42 Å². The van der Waals surface area contributed by atoms with Crippen LogP contribution >= 0.6 is 0 Å². The molecule has 1 saturated carbocycles. The zero-order valence-corrected chi connectivity index (χ0v) is 14.3. The van der Waals surface area contributed by atoms with Gasteiger partial charge in [-0.15, -0.1) is 0 Å². The van der Waals surface area contributed by atoms with Gasteiger partial charge in [-0.3, -0.25) is 0 Å². The lowest BCUT2D eigenvalue weighted by atomic mass is 9.77. The first-order valence-electron chi connectivity index (χ1n) is 8.19. The molecule has 0 amide bonds. The number of hydrogen-bond donors (Lipinski definition) is 0. The summed E-state index contributed by atoms with van der Waals surface area (Å²) in [5, 5.41) is 0. The minimum atomic E-state index is -3.10. The Morgan fingerprint density at radius 3 is 2.22 bits per heavy atom. The van der Waals surface area contributed by atoms with E-state index in [-0.39, 0.29) is 0 Å². The molecule has 1 radical (unpaired) electrons. The predicted octanol–water partition coefficient (Wildman–Crippen LogP) is 4.42. The van der Waals surface area contributed by atoms with Crippen molar-refractivity contribution in [1.29, 1.82) is 0 Å². The molecule has 0 spiro atoms. The number of sulfone groups is 1. The van der Waals surface area contributed by atoms with Gasteiger partial charge in [0, 0.05) is 6.26 Å². The standard InChI is InChI=1S/C20H23O2S/c1-23(21,22)20-13-11-19(12-14-20)18-9-7-17(8-10-18)15-16-5-3-2-4-6-16/h2-6,9,11-14,17-18H,7-8,10,15H2,1H3. The van der Waals surface area contributed by atoms with E-state index in [1.807, 2.05) is 12.1 Å². The fourth-order valence-corrected chi connectivity index (χ4v) is 4.04. The van der Waals surface area contributed by atoms with Gasteiger partial charge in [0.25, 0.3) is 0 Å². The molecule has 23 heavy (non-hydrogen) atoms. The molecule has 0 aliphatic heterocycles. The average molecular weight is 327 g/mol. The van der Waals surface area contributed by atoms with E-state index >= 15 is 0 Å². The lowest BCUT2D eigenvalue weighted by Gasteiger charge is -2.28. The summed E-state index contributed by atoms with van der Waals surface area (Å²) in [6.45, 7) is 0. The Bertz CT molecular complexity index is 725. The quantitative estimate of drug-likeness (QED) is 0.833. The average Bonchev–Trinajstić information content (AvgIpc) is 2.56. The highest BCUT2D eigenvalue weighted by Crippen LogP contribution is 2.36. The molecule has 121 valence electrons. The molecule has 2 aromatic rings. The third kappa shape index (κ3) is 4.23. The summed E-state index contributed by atoms with van der Waals surface area (Å²) >= 11 is 0. The first kappa shape index (κ1) is 16.3. The van der Waals surface area contributed by atoms with Crippen molar-refractivity contribution < 1.29 is 8.42 Å². The van der Waals surface area contributed by atoms with Crippen molar-refractivity contribution in [3.8, 4) is 0 Å². The van der Waals surface area contributed by atoms with Crippen molar-refractivity contribution in [2.75, 3.05) is 6.26 Å². The van der Waals surface area contributed by atoms with E-state index in [4.69, 9.17) is 0 Å². The second kappa shape index (κ2) is 6.88. The van der Waals surface area contributed by atoms with E-state index in [1.54, 1.807) is 12.1 Å². The molecule has 0 aromatic heterocycles. The summed E-state index contributed by atoms with van der Waals surface area (Å²) in [6.07, 6.45) is 8.32. The van der Waals surface area contributed by atoms with Gasteiger partial charge in [-0.2, -0.15) is 0 Å². The number of benzene rings is 2. The molecule has 3 heteroatoms. The molecule has 2 atom stereocenters. The van der Waals surface area contributed by atoms with Gasteiger partial charge in [-0.1, -0.05) is 42.5 Å². The first-order valence-corrected chi connectivity index (χ1v) is 10.1. The van der Waals surface area contributed by atoms with Gasteiger partial charge in [-0.05, 0) is 67.2 Å². The molecule has 2 unspecified atom stereocenters. The Labute approximate surface area is 139 Å². The highest BCUT2D eigenvalue weighted by Gasteiger charge is 2.23. The lowest BCUT2D eigenvalue weighted by molar-refractivity contribution is 0.385. The van der Waals surface area contributed by atoms with Crippen LogP contribution < -0.4 is 0 Å². The number of rotatable bonds is 4. The van der Waals surface area contributed by atoms with Gasteiger partial charge in [0.05, 0.1) is 4.90 Å². The molecule has 0 N–H and O–H groups in total. The van der Waals surface area contributed by atoms with Crippen LogP contribution in [0.3, 0.4) is 0 Å². The van der Waals surface area contributed by atoms with Crippen LogP contribution in [0.4, 0.5) is 0 Å². The maximum atomic E-state index is 11.5. The topological polar surface area (TPSA) is 34.1 Å². The molecule has 1 fully saturated rings. The van der Waals surface area contributed by atoms with E-state index in [1.165, 1.54) is 23.8 Å².